The number of carbonyl (C=O) groups is 1. The third-order valence-corrected chi connectivity index (χ3v) is 2.59. The van der Waals surface area contributed by atoms with Crippen LogP contribution < -0.4 is 5.32 Å². The van der Waals surface area contributed by atoms with E-state index in [1.54, 1.807) is 6.92 Å². The van der Waals surface area contributed by atoms with Gasteiger partial charge in [0.2, 0.25) is 0 Å². The van der Waals surface area contributed by atoms with E-state index in [1.807, 2.05) is 0 Å². The van der Waals surface area contributed by atoms with Crippen molar-refractivity contribution in [2.75, 3.05) is 25.5 Å². The zero-order valence-electron chi connectivity index (χ0n) is 11.4. The highest BCUT2D eigenvalue weighted by Crippen LogP contribution is 2.29. The van der Waals surface area contributed by atoms with Gasteiger partial charge in [-0.3, -0.25) is 14.9 Å². The van der Waals surface area contributed by atoms with Gasteiger partial charge < -0.3 is 10.2 Å². The minimum atomic E-state index is -4.54. The summed E-state index contributed by atoms with van der Waals surface area (Å²) in [6.07, 6.45) is -4.54. The van der Waals surface area contributed by atoms with Crippen LogP contribution in [-0.4, -0.2) is 42.0 Å². The predicted molar refractivity (Wildman–Crippen MR) is 70.3 cm³/mol. The van der Waals surface area contributed by atoms with Crippen LogP contribution in [0.2, 0.25) is 0 Å². The van der Waals surface area contributed by atoms with Crippen LogP contribution in [0.4, 0.5) is 24.5 Å². The molecule has 6 nitrogen and oxygen atoms in total. The molecular weight excluding hydrogens is 291 g/mol. The minimum Gasteiger partial charge on any atom is -0.379 e. The lowest BCUT2D eigenvalue weighted by atomic mass is 10.1. The number of carbonyl (C=O) groups excluding carboxylic acids is 1. The van der Waals surface area contributed by atoms with Gasteiger partial charge in [-0.25, -0.2) is 0 Å². The Bertz CT molecular complexity index is 546. The van der Waals surface area contributed by atoms with Crippen molar-refractivity contribution >= 4 is 17.3 Å². The summed E-state index contributed by atoms with van der Waals surface area (Å²) in [5, 5.41) is 13.6. The molecule has 9 heteroatoms. The van der Waals surface area contributed by atoms with Crippen LogP contribution in [-0.2, 0) is 0 Å². The number of alkyl halides is 3. The van der Waals surface area contributed by atoms with Crippen molar-refractivity contribution in [3.8, 4) is 0 Å². The first-order valence-corrected chi connectivity index (χ1v) is 6.01. The molecule has 1 aromatic rings. The molecule has 0 fully saturated rings. The fraction of sp³-hybridized carbons (Fsp3) is 0.417. The van der Waals surface area contributed by atoms with E-state index >= 15 is 0 Å². The van der Waals surface area contributed by atoms with Crippen LogP contribution in [0.1, 0.15) is 17.3 Å². The number of anilines is 1. The first-order chi connectivity index (χ1) is 9.67. The first-order valence-electron chi connectivity index (χ1n) is 6.01. The van der Waals surface area contributed by atoms with Crippen molar-refractivity contribution in [2.24, 2.45) is 0 Å². The van der Waals surface area contributed by atoms with E-state index in [0.717, 1.165) is 7.05 Å². The van der Waals surface area contributed by atoms with Gasteiger partial charge >= 0.3 is 6.18 Å². The van der Waals surface area contributed by atoms with Crippen molar-refractivity contribution in [3.63, 3.8) is 0 Å². The molecule has 1 N–H and O–H groups in total. The molecule has 0 saturated carbocycles. The van der Waals surface area contributed by atoms with Gasteiger partial charge in [0.1, 0.15) is 12.2 Å². The fourth-order valence-corrected chi connectivity index (χ4v) is 1.78. The largest absolute Gasteiger partial charge is 0.406 e. The van der Waals surface area contributed by atoms with Crippen molar-refractivity contribution in [1.82, 2.24) is 4.90 Å². The van der Waals surface area contributed by atoms with E-state index in [1.165, 1.54) is 18.2 Å². The molecule has 0 aromatic heterocycles. The van der Waals surface area contributed by atoms with Gasteiger partial charge in [-0.1, -0.05) is 6.07 Å². The molecule has 0 heterocycles. The van der Waals surface area contributed by atoms with Crippen molar-refractivity contribution < 1.29 is 22.9 Å². The molecule has 0 bridgehead atoms. The number of rotatable bonds is 5. The molecule has 0 aliphatic rings. The van der Waals surface area contributed by atoms with Crippen LogP contribution in [0, 0.1) is 10.1 Å². The van der Waals surface area contributed by atoms with E-state index < -0.39 is 23.6 Å². The van der Waals surface area contributed by atoms with Gasteiger partial charge in [0.05, 0.1) is 10.5 Å². The molecule has 0 unspecified atom stereocenters. The monoisotopic (exact) mass is 305 g/mol. The number of amides is 1. The number of benzene rings is 1. The smallest absolute Gasteiger partial charge is 0.379 e. The maximum Gasteiger partial charge on any atom is 0.406 e. The Morgan fingerprint density at radius 2 is 2.05 bits per heavy atom. The molecule has 1 aromatic carbocycles. The average Bonchev–Trinajstić information content (AvgIpc) is 2.36. The zero-order chi connectivity index (χ0) is 16.2. The fourth-order valence-electron chi connectivity index (χ4n) is 1.78. The van der Waals surface area contributed by atoms with Crippen LogP contribution in [0.25, 0.3) is 0 Å². The van der Waals surface area contributed by atoms with Crippen molar-refractivity contribution in [1.29, 1.82) is 0 Å². The number of hydrogen-bond donors (Lipinski definition) is 1. The molecule has 0 aliphatic heterocycles. The Hall–Kier alpha value is -2.32. The summed E-state index contributed by atoms with van der Waals surface area (Å²) >= 11 is 0. The third-order valence-electron chi connectivity index (χ3n) is 2.59. The quantitative estimate of drug-likeness (QED) is 0.670. The van der Waals surface area contributed by atoms with E-state index in [9.17, 15) is 28.1 Å². The summed E-state index contributed by atoms with van der Waals surface area (Å²) < 4.78 is 37.0. The first kappa shape index (κ1) is 16.7. The molecule has 0 aliphatic carbocycles. The molecule has 1 rings (SSSR count). The molecule has 116 valence electrons. The number of halogens is 3. The molecule has 1 amide bonds. The summed E-state index contributed by atoms with van der Waals surface area (Å²) in [4.78, 5) is 22.8. The molecular formula is C12H14F3N3O3. The van der Waals surface area contributed by atoms with E-state index in [4.69, 9.17) is 0 Å². The Balaban J connectivity index is 3.20. The number of nitro groups is 1. The van der Waals surface area contributed by atoms with Crippen LogP contribution in [0.3, 0.4) is 0 Å². The maximum atomic E-state index is 12.3. The zero-order valence-corrected chi connectivity index (χ0v) is 11.4. The molecule has 0 saturated heterocycles. The second-order valence-electron chi connectivity index (χ2n) is 4.26. The third kappa shape index (κ3) is 4.33. The summed E-state index contributed by atoms with van der Waals surface area (Å²) in [5.74, 6) is -0.938. The summed E-state index contributed by atoms with van der Waals surface area (Å²) in [6.45, 7) is 0.513. The molecule has 21 heavy (non-hydrogen) atoms. The number of nitro benzene ring substituents is 1. The van der Waals surface area contributed by atoms with Crippen molar-refractivity contribution in [3.05, 3.63) is 33.9 Å². The van der Waals surface area contributed by atoms with Crippen LogP contribution in [0.5, 0.6) is 0 Å². The molecule has 0 atom stereocenters. The average molecular weight is 305 g/mol. The summed E-state index contributed by atoms with van der Waals surface area (Å²) in [5.41, 5.74) is -0.607. The highest BCUT2D eigenvalue weighted by Gasteiger charge is 2.33. The number of para-hydroxylation sites is 1. The topological polar surface area (TPSA) is 75.5 Å². The SMILES string of the molecule is CCNc1c(C(=O)N(C)CC(F)(F)F)cccc1[N+](=O)[O-]. The van der Waals surface area contributed by atoms with Crippen molar-refractivity contribution in [2.45, 2.75) is 13.1 Å². The Labute approximate surface area is 118 Å². The van der Waals surface area contributed by atoms with Crippen LogP contribution >= 0.6 is 0 Å². The Kier molecular flexibility index (Phi) is 5.12. The van der Waals surface area contributed by atoms with E-state index in [-0.39, 0.29) is 23.5 Å². The van der Waals surface area contributed by atoms with Gasteiger partial charge in [0, 0.05) is 19.7 Å². The standard InChI is InChI=1S/C12H14F3N3O3/c1-3-16-10-8(5-4-6-9(10)18(20)21)11(19)17(2)7-12(13,14)15/h4-6,16H,3,7H2,1-2H3. The van der Waals surface area contributed by atoms with Gasteiger partial charge in [-0.2, -0.15) is 13.2 Å². The van der Waals surface area contributed by atoms with Crippen LogP contribution in [0.15, 0.2) is 18.2 Å². The highest BCUT2D eigenvalue weighted by atomic mass is 19.4. The second kappa shape index (κ2) is 6.42. The number of nitrogens with zero attached hydrogens (tertiary/aromatic N) is 2. The molecule has 0 spiro atoms. The summed E-state index contributed by atoms with van der Waals surface area (Å²) in [6, 6.07) is 3.69. The highest BCUT2D eigenvalue weighted by molar-refractivity contribution is 6.01. The predicted octanol–water partition coefficient (Wildman–Crippen LogP) is 2.66. The second-order valence-corrected chi connectivity index (χ2v) is 4.26. The molecule has 0 radical (unpaired) electrons. The van der Waals surface area contributed by atoms with E-state index in [2.05, 4.69) is 5.32 Å². The van der Waals surface area contributed by atoms with Gasteiger partial charge in [-0.15, -0.1) is 0 Å². The van der Waals surface area contributed by atoms with Gasteiger partial charge in [-0.05, 0) is 13.0 Å². The Morgan fingerprint density at radius 3 is 2.52 bits per heavy atom. The minimum absolute atomic E-state index is 0.0796. The maximum absolute atomic E-state index is 12.3. The lowest BCUT2D eigenvalue weighted by molar-refractivity contribution is -0.384. The number of nitrogens with one attached hydrogen (secondary N) is 1. The van der Waals surface area contributed by atoms with E-state index in [0.29, 0.717) is 4.90 Å². The Morgan fingerprint density at radius 1 is 1.43 bits per heavy atom. The lowest BCUT2D eigenvalue weighted by Crippen LogP contribution is -2.36. The van der Waals surface area contributed by atoms with Gasteiger partial charge in [0.25, 0.3) is 11.6 Å². The van der Waals surface area contributed by atoms with Gasteiger partial charge in [0.15, 0.2) is 0 Å². The number of hydrogen-bond acceptors (Lipinski definition) is 4. The normalized spacial score (nSPS) is 11.1. The lowest BCUT2D eigenvalue weighted by Gasteiger charge is -2.20. The summed E-state index contributed by atoms with van der Waals surface area (Å²) in [7, 11) is 0.990.